The third-order valence-corrected chi connectivity index (χ3v) is 5.95. The molecule has 0 atom stereocenters. The zero-order valence-corrected chi connectivity index (χ0v) is 17.3. The first kappa shape index (κ1) is 18.4. The molecule has 5 aromatic carbocycles. The van der Waals surface area contributed by atoms with E-state index in [2.05, 4.69) is 53.4 Å². The van der Waals surface area contributed by atoms with Crippen LogP contribution in [0.1, 0.15) is 10.4 Å². The number of anilines is 5. The van der Waals surface area contributed by atoms with Crippen LogP contribution in [0.15, 0.2) is 121 Å². The minimum absolute atomic E-state index is 0.0209. The van der Waals surface area contributed by atoms with Crippen molar-refractivity contribution in [2.75, 3.05) is 9.80 Å². The van der Waals surface area contributed by atoms with Crippen molar-refractivity contribution in [3.63, 3.8) is 0 Å². The van der Waals surface area contributed by atoms with Gasteiger partial charge in [-0.15, -0.1) is 0 Å². The highest BCUT2D eigenvalue weighted by molar-refractivity contribution is 6.27. The Balaban J connectivity index is 1.43. The molecule has 152 valence electrons. The van der Waals surface area contributed by atoms with Gasteiger partial charge in [-0.2, -0.15) is 0 Å². The minimum Gasteiger partial charge on any atom is -0.311 e. The lowest BCUT2D eigenvalue weighted by molar-refractivity contribution is 0.100. The van der Waals surface area contributed by atoms with Crippen molar-refractivity contribution in [2.24, 2.45) is 0 Å². The van der Waals surface area contributed by atoms with Crippen LogP contribution < -0.4 is 9.80 Å². The summed E-state index contributed by atoms with van der Waals surface area (Å²) in [7, 11) is 0. The Morgan fingerprint density at radius 2 is 1.09 bits per heavy atom. The fourth-order valence-corrected chi connectivity index (χ4v) is 4.52. The normalized spacial score (nSPS) is 12.4. The molecule has 0 N–H and O–H groups in total. The van der Waals surface area contributed by atoms with Gasteiger partial charge in [0.15, 0.2) is 0 Å². The van der Waals surface area contributed by atoms with Gasteiger partial charge in [0.25, 0.3) is 5.91 Å². The molecule has 1 aliphatic rings. The molecular formula is C29H20N2O. The van der Waals surface area contributed by atoms with Crippen molar-refractivity contribution in [1.29, 1.82) is 0 Å². The molecule has 5 aromatic rings. The molecule has 1 amide bonds. The fraction of sp³-hybridized carbons (Fsp3) is 0. The van der Waals surface area contributed by atoms with E-state index >= 15 is 0 Å². The van der Waals surface area contributed by atoms with Gasteiger partial charge in [-0.05, 0) is 66.0 Å². The third kappa shape index (κ3) is 2.87. The number of hydrogen-bond donors (Lipinski definition) is 0. The second-order valence-corrected chi connectivity index (χ2v) is 7.84. The number of benzene rings is 5. The second-order valence-electron chi connectivity index (χ2n) is 7.84. The molecule has 0 saturated carbocycles. The van der Waals surface area contributed by atoms with Crippen molar-refractivity contribution in [3.05, 3.63) is 127 Å². The maximum Gasteiger partial charge on any atom is 0.263 e. The molecule has 3 heteroatoms. The van der Waals surface area contributed by atoms with E-state index in [9.17, 15) is 4.79 Å². The van der Waals surface area contributed by atoms with Gasteiger partial charge in [0.05, 0.1) is 11.3 Å². The highest BCUT2D eigenvalue weighted by Crippen LogP contribution is 2.42. The predicted octanol–water partition coefficient (Wildman–Crippen LogP) is 7.60. The number of amides is 1. The van der Waals surface area contributed by atoms with Gasteiger partial charge in [0.1, 0.15) is 0 Å². The molecule has 1 heterocycles. The summed E-state index contributed by atoms with van der Waals surface area (Å²) in [6, 6.07) is 40.8. The number of carbonyl (C=O) groups excluding carboxylic acids is 1. The second kappa shape index (κ2) is 7.40. The van der Waals surface area contributed by atoms with Crippen LogP contribution in [0, 0.1) is 0 Å². The number of hydrogen-bond acceptors (Lipinski definition) is 2. The summed E-state index contributed by atoms with van der Waals surface area (Å²) < 4.78 is 0. The average molecular weight is 412 g/mol. The van der Waals surface area contributed by atoms with E-state index in [-0.39, 0.29) is 5.91 Å². The Morgan fingerprint density at radius 1 is 0.531 bits per heavy atom. The highest BCUT2D eigenvalue weighted by Gasteiger charge is 2.30. The molecule has 0 radical (unpaired) electrons. The van der Waals surface area contributed by atoms with Crippen LogP contribution in [0.4, 0.5) is 28.4 Å². The van der Waals surface area contributed by atoms with E-state index in [1.165, 1.54) is 0 Å². The first-order valence-corrected chi connectivity index (χ1v) is 10.7. The van der Waals surface area contributed by atoms with Crippen molar-refractivity contribution >= 4 is 45.1 Å². The molecule has 6 rings (SSSR count). The zero-order valence-electron chi connectivity index (χ0n) is 17.3. The Hall–Kier alpha value is -4.37. The van der Waals surface area contributed by atoms with E-state index < -0.39 is 0 Å². The van der Waals surface area contributed by atoms with Gasteiger partial charge in [-0.25, -0.2) is 0 Å². The van der Waals surface area contributed by atoms with Crippen LogP contribution in [-0.4, -0.2) is 5.91 Å². The van der Waals surface area contributed by atoms with Crippen LogP contribution in [0.5, 0.6) is 0 Å². The van der Waals surface area contributed by atoms with Crippen molar-refractivity contribution in [1.82, 2.24) is 0 Å². The topological polar surface area (TPSA) is 23.6 Å². The molecule has 1 aliphatic heterocycles. The number of para-hydroxylation sites is 2. The van der Waals surface area contributed by atoms with Crippen LogP contribution in [0.25, 0.3) is 10.8 Å². The van der Waals surface area contributed by atoms with E-state index in [1.54, 1.807) is 0 Å². The maximum absolute atomic E-state index is 13.3. The Morgan fingerprint density at radius 3 is 1.72 bits per heavy atom. The molecule has 0 aromatic heterocycles. The lowest BCUT2D eigenvalue weighted by Gasteiger charge is -2.26. The average Bonchev–Trinajstić information content (AvgIpc) is 3.15. The molecule has 3 nitrogen and oxygen atoms in total. The van der Waals surface area contributed by atoms with Gasteiger partial charge >= 0.3 is 0 Å². The third-order valence-electron chi connectivity index (χ3n) is 5.95. The summed E-state index contributed by atoms with van der Waals surface area (Å²) >= 11 is 0. The summed E-state index contributed by atoms with van der Waals surface area (Å²) in [4.78, 5) is 17.3. The number of carbonyl (C=O) groups is 1. The van der Waals surface area contributed by atoms with Crippen molar-refractivity contribution in [2.45, 2.75) is 0 Å². The minimum atomic E-state index is 0.0209. The van der Waals surface area contributed by atoms with E-state index in [1.807, 2.05) is 77.7 Å². The molecular weight excluding hydrogens is 392 g/mol. The molecule has 0 saturated heterocycles. The van der Waals surface area contributed by atoms with Crippen molar-refractivity contribution in [3.8, 4) is 0 Å². The van der Waals surface area contributed by atoms with E-state index in [4.69, 9.17) is 0 Å². The SMILES string of the molecule is O=C1c2cccc3cccc(c23)N1c1ccc(N(c2ccccc2)c2ccccc2)cc1. The first-order chi connectivity index (χ1) is 15.8. The smallest absolute Gasteiger partial charge is 0.263 e. The van der Waals surface area contributed by atoms with Gasteiger partial charge in [0, 0.05) is 28.1 Å². The van der Waals surface area contributed by atoms with Gasteiger partial charge in [-0.1, -0.05) is 60.7 Å². The highest BCUT2D eigenvalue weighted by atomic mass is 16.2. The quantitative estimate of drug-likeness (QED) is 0.303. The van der Waals surface area contributed by atoms with Gasteiger partial charge in [-0.3, -0.25) is 9.69 Å². The number of nitrogens with zero attached hydrogens (tertiary/aromatic N) is 2. The predicted molar refractivity (Wildman–Crippen MR) is 132 cm³/mol. The number of rotatable bonds is 4. The molecule has 0 fully saturated rings. The Bertz CT molecular complexity index is 1380. The van der Waals surface area contributed by atoms with Crippen LogP contribution in [-0.2, 0) is 0 Å². The lowest BCUT2D eigenvalue weighted by Crippen LogP contribution is -2.20. The Labute approximate surface area is 186 Å². The van der Waals surface area contributed by atoms with E-state index in [0.29, 0.717) is 0 Å². The summed E-state index contributed by atoms with van der Waals surface area (Å²) in [5.41, 5.74) is 5.77. The standard InChI is InChI=1S/C29H20N2O/c32-29-26-15-7-9-21-10-8-16-27(28(21)26)31(29)25-19-17-24(18-20-25)30(22-11-3-1-4-12-22)23-13-5-2-6-14-23/h1-20H. The van der Waals surface area contributed by atoms with Gasteiger partial charge in [0.2, 0.25) is 0 Å². The largest absolute Gasteiger partial charge is 0.311 e. The summed E-state index contributed by atoms with van der Waals surface area (Å²) in [6.45, 7) is 0. The summed E-state index contributed by atoms with van der Waals surface area (Å²) in [5, 5.41) is 2.12. The van der Waals surface area contributed by atoms with Crippen LogP contribution in [0.3, 0.4) is 0 Å². The lowest BCUT2D eigenvalue weighted by atomic mass is 10.1. The summed E-state index contributed by atoms with van der Waals surface area (Å²) in [5.74, 6) is 0.0209. The molecule has 0 bridgehead atoms. The fourth-order valence-electron chi connectivity index (χ4n) is 4.52. The van der Waals surface area contributed by atoms with Gasteiger partial charge < -0.3 is 4.90 Å². The van der Waals surface area contributed by atoms with Crippen molar-refractivity contribution < 1.29 is 4.79 Å². The monoisotopic (exact) mass is 412 g/mol. The van der Waals surface area contributed by atoms with E-state index in [0.717, 1.165) is 44.8 Å². The first-order valence-electron chi connectivity index (χ1n) is 10.7. The Kier molecular flexibility index (Phi) is 4.25. The molecule has 0 spiro atoms. The van der Waals surface area contributed by atoms with Crippen LogP contribution >= 0.6 is 0 Å². The summed E-state index contributed by atoms with van der Waals surface area (Å²) in [6.07, 6.45) is 0. The zero-order chi connectivity index (χ0) is 21.5. The van der Waals surface area contributed by atoms with Crippen LogP contribution in [0.2, 0.25) is 0 Å². The molecule has 0 aliphatic carbocycles. The maximum atomic E-state index is 13.3. The molecule has 32 heavy (non-hydrogen) atoms. The molecule has 0 unspecified atom stereocenters.